The van der Waals surface area contributed by atoms with Crippen molar-refractivity contribution in [2.75, 3.05) is 21.2 Å². The number of rotatable bonds is 8. The van der Waals surface area contributed by atoms with Crippen LogP contribution in [0, 0.1) is 0 Å². The molecule has 0 spiro atoms. The van der Waals surface area contributed by atoms with Crippen LogP contribution in [0.2, 0.25) is 0 Å². The maximum atomic E-state index is 5.62. The average molecular weight is 422 g/mol. The van der Waals surface area contributed by atoms with Crippen LogP contribution in [0.4, 0.5) is 0 Å². The summed E-state index contributed by atoms with van der Waals surface area (Å²) in [7, 11) is 5.07. The first kappa shape index (κ1) is 21.7. The molecule has 0 radical (unpaired) electrons. The Morgan fingerprint density at radius 2 is 1.96 bits per heavy atom. The van der Waals surface area contributed by atoms with E-state index in [0.29, 0.717) is 28.0 Å². The van der Waals surface area contributed by atoms with Gasteiger partial charge in [0.1, 0.15) is 22.7 Å². The molecule has 28 heavy (non-hydrogen) atoms. The van der Waals surface area contributed by atoms with Crippen molar-refractivity contribution in [2.45, 2.75) is 12.4 Å². The zero-order valence-electron chi connectivity index (χ0n) is 16.0. The number of ether oxygens (including phenoxy) is 1. The van der Waals surface area contributed by atoms with Gasteiger partial charge in [-0.3, -0.25) is 16.2 Å². The quantitative estimate of drug-likeness (QED) is 0.144. The number of nitrogens with zero attached hydrogens (tertiary/aromatic N) is 3. The maximum absolute atomic E-state index is 5.62. The van der Waals surface area contributed by atoms with Crippen LogP contribution in [0.5, 0.6) is 5.75 Å². The lowest BCUT2D eigenvalue weighted by molar-refractivity contribution is 0.415. The minimum Gasteiger partial charge on any atom is -0.497 e. The highest BCUT2D eigenvalue weighted by molar-refractivity contribution is 7.80. The summed E-state index contributed by atoms with van der Waals surface area (Å²) in [5, 5.41) is 14.7. The molecule has 2 rings (SSSR count). The normalized spacial score (nSPS) is 13.0. The van der Waals surface area contributed by atoms with Gasteiger partial charge in [-0.05, 0) is 50.5 Å². The third kappa shape index (κ3) is 5.68. The number of oxazole rings is 1. The molecule has 9 nitrogen and oxygen atoms in total. The highest BCUT2D eigenvalue weighted by atomic mass is 32.1. The van der Waals surface area contributed by atoms with Gasteiger partial charge in [0.25, 0.3) is 0 Å². The Balaban J connectivity index is 2.43. The van der Waals surface area contributed by atoms with E-state index in [4.69, 9.17) is 21.4 Å². The fraction of sp³-hybridized carbons (Fsp3) is 0.294. The molecule has 1 unspecified atom stereocenters. The van der Waals surface area contributed by atoms with E-state index in [1.54, 1.807) is 28.1 Å². The van der Waals surface area contributed by atoms with Crippen LogP contribution >= 0.6 is 24.8 Å². The molecule has 150 valence electrons. The van der Waals surface area contributed by atoms with E-state index >= 15 is 0 Å². The number of thiol groups is 1. The van der Waals surface area contributed by atoms with E-state index in [-0.39, 0.29) is 5.50 Å². The summed E-state index contributed by atoms with van der Waals surface area (Å²) in [5.74, 6) is 1.29. The van der Waals surface area contributed by atoms with Crippen LogP contribution in [-0.2, 0) is 0 Å². The molecule has 0 amide bonds. The number of nitrogens with one attached hydrogen (secondary N) is 4. The maximum Gasteiger partial charge on any atom is 0.186 e. The van der Waals surface area contributed by atoms with Crippen molar-refractivity contribution in [3.8, 4) is 17.1 Å². The van der Waals surface area contributed by atoms with Crippen molar-refractivity contribution in [1.29, 1.82) is 0 Å². The van der Waals surface area contributed by atoms with Crippen molar-refractivity contribution >= 4 is 41.4 Å². The predicted octanol–water partition coefficient (Wildman–Crippen LogP) is 1.55. The smallest absolute Gasteiger partial charge is 0.186 e. The molecule has 11 heteroatoms. The number of hydrazone groups is 2. The second-order valence-corrected chi connectivity index (χ2v) is 6.35. The Morgan fingerprint density at radius 3 is 2.57 bits per heavy atom. The van der Waals surface area contributed by atoms with E-state index in [1.165, 1.54) is 6.39 Å². The zero-order chi connectivity index (χ0) is 20.5. The first-order valence-electron chi connectivity index (χ1n) is 8.29. The molecule has 1 atom stereocenters. The summed E-state index contributed by atoms with van der Waals surface area (Å²) >= 11 is 9.39. The van der Waals surface area contributed by atoms with Gasteiger partial charge in [0.05, 0.1) is 12.8 Å². The van der Waals surface area contributed by atoms with Gasteiger partial charge < -0.3 is 14.5 Å². The standard InChI is InChI=1S/C17H23N7O2S2/c1-10(21-23-16(27)18-2)13(22-24-17(28)19-3)14-15(26-9-20-14)11-5-7-12(25-4)8-6-11/h5-9,16,18,23,27H,1-4H3,(H2,19,24,28)/b21-10+,22-13-. The molecule has 0 aliphatic carbocycles. The Kier molecular flexibility index (Phi) is 8.23. The SMILES string of the molecule is CNC(=S)N/N=C(/C(C)=N/NC(S)NC)c1ncoc1-c1ccc(OC)cc1. The van der Waals surface area contributed by atoms with Gasteiger partial charge in [-0.1, -0.05) is 0 Å². The van der Waals surface area contributed by atoms with Crippen LogP contribution < -0.4 is 26.2 Å². The fourth-order valence-electron chi connectivity index (χ4n) is 2.11. The molecule has 1 heterocycles. The predicted molar refractivity (Wildman–Crippen MR) is 118 cm³/mol. The second-order valence-electron chi connectivity index (χ2n) is 5.43. The summed E-state index contributed by atoms with van der Waals surface area (Å²) in [4.78, 5) is 4.33. The lowest BCUT2D eigenvalue weighted by Crippen LogP contribution is -2.34. The zero-order valence-corrected chi connectivity index (χ0v) is 17.7. The van der Waals surface area contributed by atoms with Crippen LogP contribution in [0.15, 0.2) is 45.3 Å². The van der Waals surface area contributed by atoms with Crippen molar-refractivity contribution < 1.29 is 9.15 Å². The summed E-state index contributed by atoms with van der Waals surface area (Å²) in [6.45, 7) is 1.79. The average Bonchev–Trinajstić information content (AvgIpc) is 3.21. The van der Waals surface area contributed by atoms with Gasteiger partial charge in [0.2, 0.25) is 0 Å². The highest BCUT2D eigenvalue weighted by Crippen LogP contribution is 2.26. The molecule has 2 aromatic rings. The Labute approximate surface area is 174 Å². The largest absolute Gasteiger partial charge is 0.497 e. The van der Waals surface area contributed by atoms with Gasteiger partial charge in [0, 0.05) is 12.6 Å². The highest BCUT2D eigenvalue weighted by Gasteiger charge is 2.20. The van der Waals surface area contributed by atoms with E-state index < -0.39 is 0 Å². The third-order valence-corrected chi connectivity index (χ3v) is 4.28. The van der Waals surface area contributed by atoms with Crippen molar-refractivity contribution in [3.63, 3.8) is 0 Å². The van der Waals surface area contributed by atoms with E-state index in [0.717, 1.165) is 11.3 Å². The van der Waals surface area contributed by atoms with E-state index in [2.05, 4.69) is 49.3 Å². The van der Waals surface area contributed by atoms with E-state index in [1.807, 2.05) is 24.3 Å². The van der Waals surface area contributed by atoms with Gasteiger partial charge in [0.15, 0.2) is 17.3 Å². The third-order valence-electron chi connectivity index (χ3n) is 3.61. The van der Waals surface area contributed by atoms with Crippen molar-refractivity contribution in [1.82, 2.24) is 26.5 Å². The molecular formula is C17H23N7O2S2. The molecule has 0 fully saturated rings. The molecule has 0 aliphatic rings. The lowest BCUT2D eigenvalue weighted by Gasteiger charge is -2.11. The van der Waals surface area contributed by atoms with Gasteiger partial charge in [-0.25, -0.2) is 4.98 Å². The van der Waals surface area contributed by atoms with Crippen LogP contribution in [-0.4, -0.2) is 48.2 Å². The minimum absolute atomic E-state index is 0.319. The van der Waals surface area contributed by atoms with Gasteiger partial charge in [-0.15, -0.1) is 12.6 Å². The Hall–Kier alpha value is -2.63. The topological polar surface area (TPSA) is 108 Å². The van der Waals surface area contributed by atoms with Crippen molar-refractivity contribution in [3.05, 3.63) is 36.4 Å². The number of hydrogen-bond acceptors (Lipinski definition) is 9. The molecule has 0 saturated heterocycles. The van der Waals surface area contributed by atoms with Gasteiger partial charge >= 0.3 is 0 Å². The summed E-state index contributed by atoms with van der Waals surface area (Å²) in [6.07, 6.45) is 1.36. The minimum atomic E-state index is -0.319. The number of hydrogen-bond donors (Lipinski definition) is 5. The Morgan fingerprint density at radius 1 is 1.25 bits per heavy atom. The molecular weight excluding hydrogens is 398 g/mol. The molecule has 1 aromatic carbocycles. The van der Waals surface area contributed by atoms with Crippen LogP contribution in [0.1, 0.15) is 12.6 Å². The molecule has 0 aliphatic heterocycles. The monoisotopic (exact) mass is 421 g/mol. The Bertz CT molecular complexity index is 849. The van der Waals surface area contributed by atoms with Crippen molar-refractivity contribution in [2.24, 2.45) is 10.2 Å². The van der Waals surface area contributed by atoms with Crippen LogP contribution in [0.3, 0.4) is 0 Å². The van der Waals surface area contributed by atoms with E-state index in [9.17, 15) is 0 Å². The molecule has 0 bridgehead atoms. The summed E-state index contributed by atoms with van der Waals surface area (Å²) in [5.41, 5.74) is 7.66. The summed E-state index contributed by atoms with van der Waals surface area (Å²) in [6, 6.07) is 7.44. The first-order valence-corrected chi connectivity index (χ1v) is 9.21. The lowest BCUT2D eigenvalue weighted by atomic mass is 10.1. The second kappa shape index (κ2) is 10.6. The molecule has 1 aromatic heterocycles. The molecule has 0 saturated carbocycles. The van der Waals surface area contributed by atoms with Crippen LogP contribution in [0.25, 0.3) is 11.3 Å². The number of aromatic nitrogens is 1. The number of thiocarbonyl (C=S) groups is 1. The first-order chi connectivity index (χ1) is 13.5. The summed E-state index contributed by atoms with van der Waals surface area (Å²) < 4.78 is 10.8. The number of methoxy groups -OCH3 is 1. The molecule has 4 N–H and O–H groups in total. The van der Waals surface area contributed by atoms with Gasteiger partial charge in [-0.2, -0.15) is 10.2 Å². The number of benzene rings is 1. The fourth-order valence-corrected chi connectivity index (χ4v) is 2.21.